The Morgan fingerprint density at radius 1 is 1.47 bits per heavy atom. The van der Waals surface area contributed by atoms with Gasteiger partial charge in [0.15, 0.2) is 5.11 Å². The normalized spacial score (nSPS) is 11.0. The van der Waals surface area contributed by atoms with E-state index in [4.69, 9.17) is 10.9 Å². The number of sulfonamides is 1. The minimum Gasteiger partial charge on any atom is -0.506 e. The standard InChI is InChI=1S/C7H9N3O3S2/c8-7(14)10-5-3-4(15(9,12)13)1-2-6(5)11/h1-3,11H,(H3,8,10,14)(H2,9,12,13). The molecule has 0 radical (unpaired) electrons. The van der Waals surface area contributed by atoms with Gasteiger partial charge < -0.3 is 16.2 Å². The maximum absolute atomic E-state index is 11.0. The zero-order valence-corrected chi connectivity index (χ0v) is 9.10. The van der Waals surface area contributed by atoms with Crippen LogP contribution in [0.5, 0.6) is 5.75 Å². The van der Waals surface area contributed by atoms with Gasteiger partial charge in [0.25, 0.3) is 0 Å². The largest absolute Gasteiger partial charge is 0.506 e. The molecule has 82 valence electrons. The average Bonchev–Trinajstić information content (AvgIpc) is 2.06. The molecule has 0 aliphatic heterocycles. The van der Waals surface area contributed by atoms with Gasteiger partial charge in [-0.15, -0.1) is 0 Å². The van der Waals surface area contributed by atoms with Gasteiger partial charge in [0.1, 0.15) is 5.75 Å². The summed E-state index contributed by atoms with van der Waals surface area (Å²) in [5.74, 6) is -0.171. The molecule has 0 unspecified atom stereocenters. The second-order valence-corrected chi connectivity index (χ2v) is 4.71. The maximum atomic E-state index is 11.0. The number of benzene rings is 1. The Kier molecular flexibility index (Phi) is 3.12. The third-order valence-corrected chi connectivity index (χ3v) is 2.57. The number of rotatable bonds is 2. The van der Waals surface area contributed by atoms with Gasteiger partial charge in [0.2, 0.25) is 10.0 Å². The predicted molar refractivity (Wildman–Crippen MR) is 59.9 cm³/mol. The van der Waals surface area contributed by atoms with Crippen LogP contribution in [0, 0.1) is 0 Å². The highest BCUT2D eigenvalue weighted by Gasteiger charge is 2.11. The van der Waals surface area contributed by atoms with Gasteiger partial charge in [-0.3, -0.25) is 0 Å². The summed E-state index contributed by atoms with van der Waals surface area (Å²) in [7, 11) is -3.81. The molecular weight excluding hydrogens is 238 g/mol. The molecule has 0 fully saturated rings. The summed E-state index contributed by atoms with van der Waals surface area (Å²) in [5, 5.41) is 16.6. The van der Waals surface area contributed by atoms with Gasteiger partial charge in [0.05, 0.1) is 10.6 Å². The molecule has 15 heavy (non-hydrogen) atoms. The third-order valence-electron chi connectivity index (χ3n) is 1.55. The van der Waals surface area contributed by atoms with Crippen molar-refractivity contribution in [1.82, 2.24) is 0 Å². The lowest BCUT2D eigenvalue weighted by Crippen LogP contribution is -2.19. The van der Waals surface area contributed by atoms with E-state index in [1.807, 2.05) is 0 Å². The lowest BCUT2D eigenvalue weighted by molar-refractivity contribution is 0.477. The van der Waals surface area contributed by atoms with Gasteiger partial charge in [-0.05, 0) is 30.4 Å². The van der Waals surface area contributed by atoms with Crippen LogP contribution in [0.1, 0.15) is 0 Å². The molecule has 1 aromatic rings. The first kappa shape index (κ1) is 11.7. The molecule has 0 saturated carbocycles. The fraction of sp³-hybridized carbons (Fsp3) is 0. The second-order valence-electron chi connectivity index (χ2n) is 2.71. The summed E-state index contributed by atoms with van der Waals surface area (Å²) in [6.07, 6.45) is 0. The van der Waals surface area contributed by atoms with Crippen molar-refractivity contribution in [2.24, 2.45) is 10.9 Å². The Morgan fingerprint density at radius 2 is 2.07 bits per heavy atom. The van der Waals surface area contributed by atoms with Crippen LogP contribution >= 0.6 is 12.2 Å². The van der Waals surface area contributed by atoms with E-state index in [1.54, 1.807) is 0 Å². The highest BCUT2D eigenvalue weighted by Crippen LogP contribution is 2.25. The third kappa shape index (κ3) is 3.05. The van der Waals surface area contributed by atoms with E-state index in [1.165, 1.54) is 12.1 Å². The van der Waals surface area contributed by atoms with Crippen molar-refractivity contribution < 1.29 is 13.5 Å². The first-order valence-corrected chi connectivity index (χ1v) is 5.68. The van der Waals surface area contributed by atoms with E-state index in [0.29, 0.717) is 0 Å². The van der Waals surface area contributed by atoms with E-state index >= 15 is 0 Å². The molecule has 0 atom stereocenters. The Bertz CT molecular complexity index is 498. The molecule has 0 aliphatic carbocycles. The molecule has 0 spiro atoms. The Morgan fingerprint density at radius 3 is 2.53 bits per heavy atom. The van der Waals surface area contributed by atoms with Crippen molar-refractivity contribution in [3.05, 3.63) is 18.2 Å². The zero-order chi connectivity index (χ0) is 11.6. The molecule has 8 heteroatoms. The molecule has 1 aromatic carbocycles. The summed E-state index contributed by atoms with van der Waals surface area (Å²) < 4.78 is 22.0. The number of hydrogen-bond acceptors (Lipinski definition) is 4. The van der Waals surface area contributed by atoms with E-state index in [-0.39, 0.29) is 21.4 Å². The lowest BCUT2D eigenvalue weighted by atomic mass is 10.3. The van der Waals surface area contributed by atoms with Crippen LogP contribution in [0.2, 0.25) is 0 Å². The van der Waals surface area contributed by atoms with Gasteiger partial charge in [-0.25, -0.2) is 13.6 Å². The molecule has 0 heterocycles. The number of anilines is 1. The molecule has 0 bridgehead atoms. The first-order valence-electron chi connectivity index (χ1n) is 3.73. The lowest BCUT2D eigenvalue weighted by Gasteiger charge is -2.07. The smallest absolute Gasteiger partial charge is 0.238 e. The minimum atomic E-state index is -3.81. The molecule has 0 amide bonds. The van der Waals surface area contributed by atoms with Gasteiger partial charge >= 0.3 is 0 Å². The van der Waals surface area contributed by atoms with Crippen LogP contribution in [0.3, 0.4) is 0 Å². The molecule has 0 saturated heterocycles. The maximum Gasteiger partial charge on any atom is 0.238 e. The number of primary sulfonamides is 1. The second kappa shape index (κ2) is 4.01. The molecule has 0 aromatic heterocycles. The van der Waals surface area contributed by atoms with E-state index < -0.39 is 10.0 Å². The van der Waals surface area contributed by atoms with E-state index in [9.17, 15) is 13.5 Å². The van der Waals surface area contributed by atoms with Crippen molar-refractivity contribution in [3.63, 3.8) is 0 Å². The zero-order valence-electron chi connectivity index (χ0n) is 7.47. The SMILES string of the molecule is NC(=S)Nc1cc(S(N)(=O)=O)ccc1O. The fourth-order valence-corrected chi connectivity index (χ4v) is 1.57. The summed E-state index contributed by atoms with van der Waals surface area (Å²) >= 11 is 4.55. The van der Waals surface area contributed by atoms with Crippen LogP contribution in [0.4, 0.5) is 5.69 Å². The predicted octanol–water partition coefficient (Wildman–Crippen LogP) is -0.305. The van der Waals surface area contributed by atoms with Crippen molar-refractivity contribution >= 4 is 33.0 Å². The van der Waals surface area contributed by atoms with Crippen molar-refractivity contribution in [2.75, 3.05) is 5.32 Å². The Hall–Kier alpha value is -1.38. The van der Waals surface area contributed by atoms with Gasteiger partial charge in [0, 0.05) is 0 Å². The molecule has 0 aliphatic rings. The minimum absolute atomic E-state index is 0.0862. The number of phenolic OH excluding ortho intramolecular Hbond substituents is 1. The Balaban J connectivity index is 3.23. The summed E-state index contributed by atoms with van der Waals surface area (Å²) in [5.41, 5.74) is 5.27. The fourth-order valence-electron chi connectivity index (χ4n) is 0.925. The number of nitrogens with two attached hydrogens (primary N) is 2. The number of hydrogen-bond donors (Lipinski definition) is 4. The summed E-state index contributed by atoms with van der Waals surface area (Å²) in [6.45, 7) is 0. The highest BCUT2D eigenvalue weighted by atomic mass is 32.2. The first-order chi connectivity index (χ1) is 6.80. The monoisotopic (exact) mass is 247 g/mol. The average molecular weight is 247 g/mol. The van der Waals surface area contributed by atoms with E-state index in [0.717, 1.165) is 6.07 Å². The number of thiocarbonyl (C=S) groups is 1. The molecular formula is C7H9N3O3S2. The van der Waals surface area contributed by atoms with Crippen molar-refractivity contribution in [1.29, 1.82) is 0 Å². The topological polar surface area (TPSA) is 118 Å². The van der Waals surface area contributed by atoms with Crippen LogP contribution in [0.15, 0.2) is 23.1 Å². The van der Waals surface area contributed by atoms with Crippen LogP contribution < -0.4 is 16.2 Å². The number of phenols is 1. The quantitative estimate of drug-likeness (QED) is 0.420. The number of nitrogens with one attached hydrogen (secondary N) is 1. The van der Waals surface area contributed by atoms with E-state index in [2.05, 4.69) is 17.5 Å². The van der Waals surface area contributed by atoms with Crippen LogP contribution in [0.25, 0.3) is 0 Å². The van der Waals surface area contributed by atoms with Gasteiger partial charge in [-0.1, -0.05) is 0 Å². The van der Waals surface area contributed by atoms with Crippen LogP contribution in [-0.4, -0.2) is 18.6 Å². The van der Waals surface area contributed by atoms with Crippen molar-refractivity contribution in [3.8, 4) is 5.75 Å². The van der Waals surface area contributed by atoms with Gasteiger partial charge in [-0.2, -0.15) is 0 Å². The number of aromatic hydroxyl groups is 1. The molecule has 6 nitrogen and oxygen atoms in total. The van der Waals surface area contributed by atoms with Crippen LogP contribution in [-0.2, 0) is 10.0 Å². The molecule has 1 rings (SSSR count). The summed E-state index contributed by atoms with van der Waals surface area (Å²) in [4.78, 5) is -0.140. The summed E-state index contributed by atoms with van der Waals surface area (Å²) in [6, 6.07) is 3.50. The highest BCUT2D eigenvalue weighted by molar-refractivity contribution is 7.89. The Labute approximate surface area is 91.9 Å². The molecule has 6 N–H and O–H groups in total. The van der Waals surface area contributed by atoms with Crippen molar-refractivity contribution in [2.45, 2.75) is 4.90 Å².